The molecule has 10 rings (SSSR count). The molecule has 220 valence electrons. The van der Waals surface area contributed by atoms with Crippen LogP contribution in [0.5, 0.6) is 0 Å². The first-order chi connectivity index (χ1) is 23.3. The van der Waals surface area contributed by atoms with E-state index in [0.717, 1.165) is 24.0 Å². The maximum absolute atomic E-state index is 9.75. The van der Waals surface area contributed by atoms with Crippen LogP contribution in [0.2, 0.25) is 0 Å². The first-order valence-electron chi connectivity index (χ1n) is 16.2. The number of allylic oxidation sites excluding steroid dienone is 1. The van der Waals surface area contributed by atoms with Crippen molar-refractivity contribution in [2.24, 2.45) is 0 Å². The number of aromatic nitrogens is 1. The van der Waals surface area contributed by atoms with Crippen LogP contribution in [-0.2, 0) is 11.8 Å². The second-order valence-electron chi connectivity index (χ2n) is 12.7. The standard InChI is InChI=1S/C44H28N2S/c45-27-28-11-9-12-29(25-28)31-17-10-20-38-43(31)47-42-24-23-30(46-40-21-7-3-15-34(40)35-16-4-8-22-41(35)46)26-39(42)44(38)36-18-5-1-13-32(36)33-14-2-6-19-37(33)44/h1-7,9-21,23-26H,8,22H2. The highest BCUT2D eigenvalue weighted by atomic mass is 32.2. The molecule has 3 heteroatoms. The molecule has 6 aromatic carbocycles. The maximum atomic E-state index is 9.75. The Morgan fingerprint density at radius 3 is 2.21 bits per heavy atom. The Labute approximate surface area is 278 Å². The van der Waals surface area contributed by atoms with Gasteiger partial charge < -0.3 is 4.57 Å². The van der Waals surface area contributed by atoms with Gasteiger partial charge in [0.25, 0.3) is 0 Å². The highest BCUT2D eigenvalue weighted by Crippen LogP contribution is 2.63. The molecule has 2 aliphatic carbocycles. The lowest BCUT2D eigenvalue weighted by Crippen LogP contribution is -2.32. The Morgan fingerprint density at radius 2 is 1.38 bits per heavy atom. The summed E-state index contributed by atoms with van der Waals surface area (Å²) in [5, 5.41) is 11.1. The Morgan fingerprint density at radius 1 is 0.660 bits per heavy atom. The van der Waals surface area contributed by atoms with Crippen LogP contribution in [0.4, 0.5) is 0 Å². The van der Waals surface area contributed by atoms with Gasteiger partial charge in [-0.3, -0.25) is 0 Å². The summed E-state index contributed by atoms with van der Waals surface area (Å²) in [4.78, 5) is 2.52. The zero-order chi connectivity index (χ0) is 31.1. The summed E-state index contributed by atoms with van der Waals surface area (Å²) in [6.45, 7) is 0. The van der Waals surface area contributed by atoms with Crippen molar-refractivity contribution in [1.29, 1.82) is 5.26 Å². The molecule has 2 nitrogen and oxygen atoms in total. The lowest BCUT2D eigenvalue weighted by molar-refractivity contribution is 0.721. The third-order valence-electron chi connectivity index (χ3n) is 10.4. The van der Waals surface area contributed by atoms with Gasteiger partial charge in [0.05, 0.1) is 22.6 Å². The van der Waals surface area contributed by atoms with Crippen LogP contribution in [-0.4, -0.2) is 4.57 Å². The quantitative estimate of drug-likeness (QED) is 0.193. The summed E-state index contributed by atoms with van der Waals surface area (Å²) in [6.07, 6.45) is 6.70. The number of nitrogens with zero attached hydrogens (tertiary/aromatic N) is 2. The zero-order valence-corrected chi connectivity index (χ0v) is 26.4. The summed E-state index contributed by atoms with van der Waals surface area (Å²) in [5.41, 5.74) is 15.5. The van der Waals surface area contributed by atoms with E-state index in [2.05, 4.69) is 138 Å². The predicted molar refractivity (Wildman–Crippen MR) is 192 cm³/mol. The Bertz CT molecular complexity index is 2480. The molecule has 0 saturated heterocycles. The number of hydrogen-bond acceptors (Lipinski definition) is 2. The molecule has 2 heterocycles. The fourth-order valence-electron chi connectivity index (χ4n) is 8.50. The number of nitriles is 1. The fraction of sp³-hybridized carbons (Fsp3) is 0.0682. The number of para-hydroxylation sites is 1. The Hall–Kier alpha value is -5.56. The molecule has 7 aromatic rings. The molecule has 0 N–H and O–H groups in total. The molecular formula is C44H28N2S. The normalized spacial score (nSPS) is 14.6. The molecule has 0 amide bonds. The number of fused-ring (bicyclic) bond motifs is 12. The van der Waals surface area contributed by atoms with Crippen molar-refractivity contribution >= 4 is 28.7 Å². The molecule has 0 atom stereocenters. The lowest BCUT2D eigenvalue weighted by atomic mass is 9.67. The minimum absolute atomic E-state index is 0.495. The largest absolute Gasteiger partial charge is 0.313 e. The van der Waals surface area contributed by atoms with Gasteiger partial charge >= 0.3 is 0 Å². The van der Waals surface area contributed by atoms with E-state index in [0.29, 0.717) is 5.56 Å². The summed E-state index contributed by atoms with van der Waals surface area (Å²) in [6, 6.07) is 51.1. The highest BCUT2D eigenvalue weighted by molar-refractivity contribution is 7.99. The van der Waals surface area contributed by atoms with Gasteiger partial charge in [-0.15, -0.1) is 0 Å². The van der Waals surface area contributed by atoms with Gasteiger partial charge in [0.15, 0.2) is 0 Å². The van der Waals surface area contributed by atoms with Crippen molar-refractivity contribution in [1.82, 2.24) is 4.57 Å². The molecular weight excluding hydrogens is 589 g/mol. The third kappa shape index (κ3) is 3.57. The van der Waals surface area contributed by atoms with Crippen molar-refractivity contribution in [2.45, 2.75) is 28.0 Å². The summed E-state index contributed by atoms with van der Waals surface area (Å²) >= 11 is 1.86. The van der Waals surface area contributed by atoms with Crippen LogP contribution < -0.4 is 0 Å². The molecule has 1 spiro atoms. The highest BCUT2D eigenvalue weighted by Gasteiger charge is 2.50. The average Bonchev–Trinajstić information content (AvgIpc) is 3.63. The van der Waals surface area contributed by atoms with Crippen LogP contribution >= 0.6 is 11.8 Å². The summed E-state index contributed by atoms with van der Waals surface area (Å²) < 4.78 is 2.51. The van der Waals surface area contributed by atoms with Crippen molar-refractivity contribution in [2.75, 3.05) is 0 Å². The Kier molecular flexibility index (Phi) is 5.65. The van der Waals surface area contributed by atoms with Gasteiger partial charge in [0.2, 0.25) is 0 Å². The average molecular weight is 617 g/mol. The fourth-order valence-corrected chi connectivity index (χ4v) is 9.81. The number of rotatable bonds is 2. The second-order valence-corrected chi connectivity index (χ2v) is 13.7. The minimum atomic E-state index is -0.495. The summed E-state index contributed by atoms with van der Waals surface area (Å²) in [7, 11) is 0. The molecule has 0 bridgehead atoms. The zero-order valence-electron chi connectivity index (χ0n) is 25.6. The van der Waals surface area contributed by atoms with Crippen molar-refractivity contribution in [3.63, 3.8) is 0 Å². The van der Waals surface area contributed by atoms with Gasteiger partial charge in [-0.2, -0.15) is 5.26 Å². The molecule has 1 aromatic heterocycles. The third-order valence-corrected chi connectivity index (χ3v) is 11.6. The van der Waals surface area contributed by atoms with E-state index < -0.39 is 5.41 Å². The first kappa shape index (κ1) is 26.6. The van der Waals surface area contributed by atoms with E-state index in [4.69, 9.17) is 0 Å². The van der Waals surface area contributed by atoms with E-state index >= 15 is 0 Å². The van der Waals surface area contributed by atoms with Gasteiger partial charge in [-0.25, -0.2) is 0 Å². The van der Waals surface area contributed by atoms with Crippen LogP contribution in [0, 0.1) is 11.3 Å². The smallest absolute Gasteiger partial charge is 0.0991 e. The minimum Gasteiger partial charge on any atom is -0.313 e. The van der Waals surface area contributed by atoms with Crippen molar-refractivity contribution < 1.29 is 0 Å². The molecule has 3 aliphatic rings. The van der Waals surface area contributed by atoms with E-state index in [1.54, 1.807) is 0 Å². The second kappa shape index (κ2) is 9.97. The van der Waals surface area contributed by atoms with E-state index in [-0.39, 0.29) is 0 Å². The summed E-state index contributed by atoms with van der Waals surface area (Å²) in [5.74, 6) is 0. The topological polar surface area (TPSA) is 28.7 Å². The molecule has 0 radical (unpaired) electrons. The van der Waals surface area contributed by atoms with E-state index in [1.807, 2.05) is 30.0 Å². The molecule has 0 fully saturated rings. The van der Waals surface area contributed by atoms with Crippen molar-refractivity contribution in [3.8, 4) is 34.0 Å². The van der Waals surface area contributed by atoms with Crippen LogP contribution in [0.1, 0.15) is 45.5 Å². The molecule has 0 unspecified atom stereocenters. The molecule has 1 aliphatic heterocycles. The van der Waals surface area contributed by atoms with E-state index in [9.17, 15) is 5.26 Å². The predicted octanol–water partition coefficient (Wildman–Crippen LogP) is 11.0. The van der Waals surface area contributed by atoms with Crippen LogP contribution in [0.15, 0.2) is 149 Å². The number of hydrogen-bond donors (Lipinski definition) is 0. The number of benzene rings is 6. The van der Waals surface area contributed by atoms with Gasteiger partial charge in [0.1, 0.15) is 0 Å². The van der Waals surface area contributed by atoms with Crippen LogP contribution in [0.3, 0.4) is 0 Å². The monoisotopic (exact) mass is 616 g/mol. The van der Waals surface area contributed by atoms with Gasteiger partial charge in [-0.05, 0) is 93.7 Å². The van der Waals surface area contributed by atoms with E-state index in [1.165, 1.54) is 71.0 Å². The Balaban J connectivity index is 1.31. The van der Waals surface area contributed by atoms with Crippen LogP contribution in [0.25, 0.3) is 44.9 Å². The molecule has 47 heavy (non-hydrogen) atoms. The van der Waals surface area contributed by atoms with Gasteiger partial charge in [-0.1, -0.05) is 121 Å². The van der Waals surface area contributed by atoms with Crippen molar-refractivity contribution in [3.05, 3.63) is 179 Å². The lowest BCUT2D eigenvalue weighted by Gasteiger charge is -2.40. The first-order valence-corrected chi connectivity index (χ1v) is 17.0. The SMILES string of the molecule is N#Cc1cccc(-c2cccc3c2Sc2ccc(-n4c5c(c6ccccc64)C=CCC5)cc2C32c3ccccc3-c3ccccc32)c1. The molecule has 0 saturated carbocycles. The van der Waals surface area contributed by atoms with Gasteiger partial charge in [0, 0.05) is 32.1 Å². The maximum Gasteiger partial charge on any atom is 0.0991 e.